The number of rotatable bonds is 5. The summed E-state index contributed by atoms with van der Waals surface area (Å²) in [5.41, 5.74) is 1.80. The zero-order valence-electron chi connectivity index (χ0n) is 18.2. The Bertz CT molecular complexity index is 1260. The molecule has 9 nitrogen and oxygen atoms in total. The van der Waals surface area contributed by atoms with Crippen molar-refractivity contribution in [2.24, 2.45) is 0 Å². The van der Waals surface area contributed by atoms with Gasteiger partial charge < -0.3 is 24.3 Å². The maximum atomic E-state index is 14.7. The van der Waals surface area contributed by atoms with E-state index in [0.29, 0.717) is 66.4 Å². The number of benzene rings is 1. The molecule has 2 aromatic heterocycles. The van der Waals surface area contributed by atoms with Crippen LogP contribution in [0.25, 0.3) is 11.0 Å². The number of hydrogen-bond donors (Lipinski definition) is 1. The molecular formula is C23H25FN6O3. The van der Waals surface area contributed by atoms with E-state index in [1.165, 1.54) is 12.3 Å². The molecule has 1 aromatic carbocycles. The van der Waals surface area contributed by atoms with Gasteiger partial charge in [0.2, 0.25) is 0 Å². The van der Waals surface area contributed by atoms with E-state index >= 15 is 0 Å². The Morgan fingerprint density at radius 1 is 1.12 bits per heavy atom. The smallest absolute Gasteiger partial charge is 0.269 e. The topological polar surface area (TPSA) is 94.4 Å². The van der Waals surface area contributed by atoms with E-state index in [9.17, 15) is 9.18 Å². The third kappa shape index (κ3) is 3.83. The van der Waals surface area contributed by atoms with E-state index in [2.05, 4.69) is 25.2 Å². The average Bonchev–Trinajstić information content (AvgIpc) is 3.23. The first-order valence-electron chi connectivity index (χ1n) is 11.4. The molecule has 172 valence electrons. The highest BCUT2D eigenvalue weighted by atomic mass is 19.1. The molecule has 3 aliphatic heterocycles. The lowest BCUT2D eigenvalue weighted by Crippen LogP contribution is -2.43. The average molecular weight is 452 g/mol. The molecule has 10 heteroatoms. The third-order valence-electron chi connectivity index (χ3n) is 6.77. The normalized spacial score (nSPS) is 20.5. The van der Waals surface area contributed by atoms with Crippen LogP contribution in [0.15, 0.2) is 29.3 Å². The molecule has 1 atom stereocenters. The molecule has 0 spiro atoms. The minimum atomic E-state index is -0.248. The van der Waals surface area contributed by atoms with Crippen LogP contribution in [0.3, 0.4) is 0 Å². The van der Waals surface area contributed by atoms with Gasteiger partial charge in [-0.05, 0) is 38.1 Å². The van der Waals surface area contributed by atoms with Crippen LogP contribution in [0.1, 0.15) is 30.1 Å². The van der Waals surface area contributed by atoms with Crippen LogP contribution >= 0.6 is 0 Å². The Balaban J connectivity index is 1.06. The number of aromatic nitrogens is 4. The number of fused-ring (bicyclic) bond motifs is 1. The van der Waals surface area contributed by atoms with Crippen molar-refractivity contribution in [3.63, 3.8) is 0 Å². The van der Waals surface area contributed by atoms with E-state index in [-0.39, 0.29) is 17.3 Å². The second-order valence-corrected chi connectivity index (χ2v) is 8.84. The van der Waals surface area contributed by atoms with Crippen molar-refractivity contribution in [1.29, 1.82) is 0 Å². The first-order chi connectivity index (χ1) is 16.2. The molecule has 1 N–H and O–H groups in total. The fourth-order valence-electron chi connectivity index (χ4n) is 5.13. The Labute approximate surface area is 189 Å². The van der Waals surface area contributed by atoms with Crippen molar-refractivity contribution in [3.8, 4) is 11.6 Å². The van der Waals surface area contributed by atoms with Gasteiger partial charge in [0.25, 0.3) is 11.4 Å². The summed E-state index contributed by atoms with van der Waals surface area (Å²) in [6.07, 6.45) is 4.97. The van der Waals surface area contributed by atoms with E-state index in [4.69, 9.17) is 9.47 Å². The first kappa shape index (κ1) is 20.5. The van der Waals surface area contributed by atoms with Crippen LogP contribution in [-0.4, -0.2) is 63.3 Å². The van der Waals surface area contributed by atoms with Gasteiger partial charge in [-0.25, -0.2) is 14.4 Å². The highest BCUT2D eigenvalue weighted by Gasteiger charge is 2.31. The summed E-state index contributed by atoms with van der Waals surface area (Å²) in [6.45, 7) is 4.67. The fraction of sp³-hybridized carbons (Fsp3) is 0.478. The van der Waals surface area contributed by atoms with Crippen LogP contribution in [-0.2, 0) is 13.1 Å². The molecule has 3 aliphatic rings. The number of nitrogens with zero attached hydrogens (tertiary/aromatic N) is 5. The van der Waals surface area contributed by atoms with Gasteiger partial charge in [0.05, 0.1) is 30.0 Å². The highest BCUT2D eigenvalue weighted by Crippen LogP contribution is 2.35. The van der Waals surface area contributed by atoms with Crippen LogP contribution < -0.4 is 20.3 Å². The highest BCUT2D eigenvalue weighted by molar-refractivity contribution is 5.80. The predicted molar refractivity (Wildman–Crippen MR) is 118 cm³/mol. The monoisotopic (exact) mass is 452 g/mol. The number of ether oxygens (including phenoxy) is 2. The summed E-state index contributed by atoms with van der Waals surface area (Å²) in [7, 11) is 0. The zero-order chi connectivity index (χ0) is 22.4. The maximum absolute atomic E-state index is 14.7. The lowest BCUT2D eigenvalue weighted by atomic mass is 9.97. The molecule has 5 heterocycles. The van der Waals surface area contributed by atoms with Gasteiger partial charge >= 0.3 is 0 Å². The predicted octanol–water partition coefficient (Wildman–Crippen LogP) is 1.45. The minimum Gasteiger partial charge on any atom is -0.483 e. The Kier molecular flexibility index (Phi) is 5.18. The molecule has 0 aliphatic carbocycles. The van der Waals surface area contributed by atoms with Gasteiger partial charge in [-0.15, -0.1) is 0 Å². The quantitative estimate of drug-likeness (QED) is 0.622. The van der Waals surface area contributed by atoms with E-state index in [0.717, 1.165) is 32.5 Å². The SMILES string of the molecule is O=c1cnc2ccc(F)c3c2n1CC3CN1CCC(NCc2ncc3c(n2)OCCO3)CC1. The minimum absolute atomic E-state index is 0.0405. The molecule has 0 saturated carbocycles. The van der Waals surface area contributed by atoms with Gasteiger partial charge in [-0.3, -0.25) is 4.79 Å². The number of halogens is 1. The van der Waals surface area contributed by atoms with Crippen molar-refractivity contribution in [3.05, 3.63) is 52.1 Å². The number of piperidine rings is 1. The van der Waals surface area contributed by atoms with Gasteiger partial charge in [0.15, 0.2) is 5.75 Å². The summed E-state index contributed by atoms with van der Waals surface area (Å²) in [5, 5.41) is 3.54. The molecule has 1 fully saturated rings. The van der Waals surface area contributed by atoms with Crippen molar-refractivity contribution in [2.75, 3.05) is 32.8 Å². The first-order valence-corrected chi connectivity index (χ1v) is 11.4. The van der Waals surface area contributed by atoms with Crippen LogP contribution in [0.4, 0.5) is 4.39 Å². The lowest BCUT2D eigenvalue weighted by molar-refractivity contribution is 0.162. The van der Waals surface area contributed by atoms with E-state index < -0.39 is 0 Å². The van der Waals surface area contributed by atoms with Crippen LogP contribution in [0.2, 0.25) is 0 Å². The molecule has 33 heavy (non-hydrogen) atoms. The largest absolute Gasteiger partial charge is 0.483 e. The summed E-state index contributed by atoms with van der Waals surface area (Å²) >= 11 is 0. The second-order valence-electron chi connectivity index (χ2n) is 8.84. The molecule has 6 rings (SSSR count). The standard InChI is InChI=1S/C23H25FN6O3/c24-16-1-2-17-22-21(16)14(13-30(22)20(31)11-26-17)12-29-5-3-15(4-6-29)25-10-19-27-9-18-23(28-19)33-8-7-32-18/h1-2,9,11,14-15,25H,3-8,10,12-13H2. The molecular weight excluding hydrogens is 427 g/mol. The molecule has 0 amide bonds. The van der Waals surface area contributed by atoms with Gasteiger partial charge in [-0.2, -0.15) is 4.98 Å². The lowest BCUT2D eigenvalue weighted by Gasteiger charge is -2.34. The second kappa shape index (κ2) is 8.35. The van der Waals surface area contributed by atoms with Crippen molar-refractivity contribution in [2.45, 2.75) is 37.9 Å². The zero-order valence-corrected chi connectivity index (χ0v) is 18.2. The molecule has 3 aromatic rings. The molecule has 1 unspecified atom stereocenters. The Morgan fingerprint density at radius 3 is 2.85 bits per heavy atom. The van der Waals surface area contributed by atoms with Crippen molar-refractivity contribution < 1.29 is 13.9 Å². The molecule has 0 bridgehead atoms. The fourth-order valence-corrected chi connectivity index (χ4v) is 5.13. The molecule has 0 radical (unpaired) electrons. The number of nitrogens with one attached hydrogen (secondary N) is 1. The van der Waals surface area contributed by atoms with Crippen LogP contribution in [0, 0.1) is 5.82 Å². The van der Waals surface area contributed by atoms with Crippen LogP contribution in [0.5, 0.6) is 11.6 Å². The van der Waals surface area contributed by atoms with Crippen molar-refractivity contribution in [1.82, 2.24) is 29.7 Å². The number of likely N-dealkylation sites (tertiary alicyclic amines) is 1. The Morgan fingerprint density at radius 2 is 1.97 bits per heavy atom. The van der Waals surface area contributed by atoms with Gasteiger partial charge in [0.1, 0.15) is 24.9 Å². The summed E-state index contributed by atoms with van der Waals surface area (Å²) in [4.78, 5) is 27.6. The van der Waals surface area contributed by atoms with Gasteiger partial charge in [0, 0.05) is 30.6 Å². The summed E-state index contributed by atoms with van der Waals surface area (Å²) < 4.78 is 27.4. The van der Waals surface area contributed by atoms with E-state index in [1.807, 2.05) is 0 Å². The van der Waals surface area contributed by atoms with Crippen molar-refractivity contribution >= 4 is 11.0 Å². The summed E-state index contributed by atoms with van der Waals surface area (Å²) in [5.74, 6) is 1.51. The summed E-state index contributed by atoms with van der Waals surface area (Å²) in [6, 6.07) is 3.48. The third-order valence-corrected chi connectivity index (χ3v) is 6.77. The Hall–Kier alpha value is -3.11. The maximum Gasteiger partial charge on any atom is 0.269 e. The number of hydrogen-bond acceptors (Lipinski definition) is 8. The van der Waals surface area contributed by atoms with Gasteiger partial charge in [-0.1, -0.05) is 0 Å². The van der Waals surface area contributed by atoms with E-state index in [1.54, 1.807) is 16.8 Å². The molecule has 1 saturated heterocycles.